The van der Waals surface area contributed by atoms with Crippen molar-refractivity contribution < 1.29 is 4.74 Å². The molecule has 0 aliphatic heterocycles. The maximum Gasteiger partial charge on any atom is 0.127 e. The summed E-state index contributed by atoms with van der Waals surface area (Å²) in [7, 11) is -0.459. The fraction of sp³-hybridized carbons (Fsp3) is 0.680. The quantitative estimate of drug-likeness (QED) is 0.486. The normalized spacial score (nSPS) is 18.1. The molecule has 0 saturated heterocycles. The summed E-state index contributed by atoms with van der Waals surface area (Å²) in [5.41, 5.74) is 6.57. The Morgan fingerprint density at radius 3 is 1.81 bits per heavy atom. The van der Waals surface area contributed by atoms with Gasteiger partial charge in [0.1, 0.15) is 11.9 Å². The van der Waals surface area contributed by atoms with E-state index in [9.17, 15) is 0 Å². The number of fused-ring (bicyclic) bond motifs is 1. The molecule has 0 bridgehead atoms. The molecule has 0 aromatic heterocycles. The van der Waals surface area contributed by atoms with Crippen LogP contribution >= 0.6 is 0 Å². The third-order valence-corrected chi connectivity index (χ3v) is 7.49. The van der Waals surface area contributed by atoms with Gasteiger partial charge in [-0.25, -0.2) is 0 Å². The van der Waals surface area contributed by atoms with Crippen molar-refractivity contribution in [1.82, 2.24) is 0 Å². The van der Waals surface area contributed by atoms with E-state index in [4.69, 9.17) is 4.74 Å². The van der Waals surface area contributed by atoms with Crippen molar-refractivity contribution in [3.8, 4) is 5.75 Å². The van der Waals surface area contributed by atoms with E-state index in [1.807, 2.05) is 0 Å². The third-order valence-electron chi connectivity index (χ3n) is 5.57. The number of benzene rings is 1. The van der Waals surface area contributed by atoms with Crippen molar-refractivity contribution in [2.45, 2.75) is 99.4 Å². The smallest absolute Gasteiger partial charge is 0.127 e. The van der Waals surface area contributed by atoms with Gasteiger partial charge in [0.05, 0.1) is 8.80 Å². The van der Waals surface area contributed by atoms with E-state index in [1.165, 1.54) is 22.3 Å². The predicted octanol–water partition coefficient (Wildman–Crippen LogP) is 7.62. The summed E-state index contributed by atoms with van der Waals surface area (Å²) in [6, 6.07) is 4.77. The van der Waals surface area contributed by atoms with Gasteiger partial charge in [0.2, 0.25) is 0 Å². The second-order valence-corrected chi connectivity index (χ2v) is 14.6. The summed E-state index contributed by atoms with van der Waals surface area (Å²) in [5, 5.41) is 0. The van der Waals surface area contributed by atoms with Crippen LogP contribution < -0.4 is 4.74 Å². The number of allylic oxidation sites excluding steroid dienone is 1. The van der Waals surface area contributed by atoms with Crippen LogP contribution in [-0.2, 0) is 5.41 Å². The first-order valence-electron chi connectivity index (χ1n) is 10.4. The Morgan fingerprint density at radius 1 is 0.889 bits per heavy atom. The van der Waals surface area contributed by atoms with Crippen molar-refractivity contribution in [3.63, 3.8) is 0 Å². The molecule has 1 radical (unpaired) electrons. The monoisotopic (exact) mass is 385 g/mol. The molecule has 1 aliphatic rings. The molecular formula is C25H41OSi. The van der Waals surface area contributed by atoms with E-state index in [2.05, 4.69) is 101 Å². The van der Waals surface area contributed by atoms with Crippen LogP contribution in [0.2, 0.25) is 13.1 Å². The lowest BCUT2D eigenvalue weighted by Gasteiger charge is -2.41. The highest BCUT2D eigenvalue weighted by atomic mass is 28.3. The molecule has 151 valence electrons. The fourth-order valence-electron chi connectivity index (χ4n) is 4.67. The van der Waals surface area contributed by atoms with Crippen LogP contribution in [0.15, 0.2) is 17.7 Å². The number of ether oxygens (including phenoxy) is 1. The summed E-state index contributed by atoms with van der Waals surface area (Å²) in [5.74, 6) is 1.08. The Kier molecular flexibility index (Phi) is 5.85. The predicted molar refractivity (Wildman–Crippen MR) is 122 cm³/mol. The summed E-state index contributed by atoms with van der Waals surface area (Å²) >= 11 is 0. The van der Waals surface area contributed by atoms with E-state index in [0.717, 1.165) is 5.75 Å². The molecule has 1 aromatic carbocycles. The van der Waals surface area contributed by atoms with Crippen LogP contribution in [0, 0.1) is 10.8 Å². The number of hydrogen-bond donors (Lipinski definition) is 0. The molecule has 27 heavy (non-hydrogen) atoms. The summed E-state index contributed by atoms with van der Waals surface area (Å²) < 4.78 is 6.87. The van der Waals surface area contributed by atoms with Gasteiger partial charge in [-0.15, -0.1) is 0 Å². The molecule has 1 aromatic rings. The highest BCUT2D eigenvalue weighted by molar-refractivity contribution is 6.58. The number of rotatable bonds is 3. The van der Waals surface area contributed by atoms with E-state index in [1.54, 1.807) is 0 Å². The molecule has 1 aliphatic carbocycles. The first kappa shape index (κ1) is 22.3. The van der Waals surface area contributed by atoms with Gasteiger partial charge in [0.25, 0.3) is 0 Å². The van der Waals surface area contributed by atoms with Crippen LogP contribution in [0.5, 0.6) is 5.75 Å². The van der Waals surface area contributed by atoms with E-state index in [0.29, 0.717) is 5.54 Å². The number of hydrogen-bond acceptors (Lipinski definition) is 1. The first-order valence-corrected chi connectivity index (χ1v) is 12.9. The lowest BCUT2D eigenvalue weighted by atomic mass is 9.74. The molecule has 1 unspecified atom stereocenters. The van der Waals surface area contributed by atoms with Crippen LogP contribution in [0.3, 0.4) is 0 Å². The SMILES string of the molecule is CC1=Cc2c(OC(C(C)(C)C)C(C)(C)C)cc(C(C)(C)C)cc2C1[Si](C)C. The fourth-order valence-corrected chi connectivity index (χ4v) is 6.53. The Labute approximate surface area is 170 Å². The molecule has 0 fully saturated rings. The average Bonchev–Trinajstić information content (AvgIpc) is 2.76. The minimum Gasteiger partial charge on any atom is -0.489 e. The molecule has 1 nitrogen and oxygen atoms in total. The van der Waals surface area contributed by atoms with Crippen LogP contribution in [0.4, 0.5) is 0 Å². The summed E-state index contributed by atoms with van der Waals surface area (Å²) in [6.07, 6.45) is 2.53. The van der Waals surface area contributed by atoms with E-state index < -0.39 is 8.80 Å². The molecule has 1 atom stereocenters. The highest BCUT2D eigenvalue weighted by Gasteiger charge is 2.38. The second kappa shape index (κ2) is 7.10. The van der Waals surface area contributed by atoms with E-state index in [-0.39, 0.29) is 22.3 Å². The van der Waals surface area contributed by atoms with Crippen LogP contribution in [0.1, 0.15) is 91.5 Å². The minimum atomic E-state index is -0.459. The van der Waals surface area contributed by atoms with Crippen LogP contribution in [-0.4, -0.2) is 14.9 Å². The van der Waals surface area contributed by atoms with Gasteiger partial charge in [-0.3, -0.25) is 0 Å². The van der Waals surface area contributed by atoms with Crippen LogP contribution in [0.25, 0.3) is 6.08 Å². The Bertz CT molecular complexity index is 706. The third kappa shape index (κ3) is 4.70. The average molecular weight is 386 g/mol. The maximum atomic E-state index is 6.87. The summed E-state index contributed by atoms with van der Waals surface area (Å²) in [6.45, 7) is 27.8. The Hall–Kier alpha value is -1.02. The molecule has 0 N–H and O–H groups in total. The molecule has 2 heteroatoms. The maximum absolute atomic E-state index is 6.87. The molecule has 2 rings (SSSR count). The van der Waals surface area contributed by atoms with Gasteiger partial charge >= 0.3 is 0 Å². The van der Waals surface area contributed by atoms with Crippen molar-refractivity contribution in [2.24, 2.45) is 10.8 Å². The van der Waals surface area contributed by atoms with Crippen molar-refractivity contribution in [3.05, 3.63) is 34.4 Å². The van der Waals surface area contributed by atoms with Gasteiger partial charge in [-0.2, -0.15) is 0 Å². The lowest BCUT2D eigenvalue weighted by Crippen LogP contribution is -2.43. The minimum absolute atomic E-state index is 0.0735. The molecule has 0 amide bonds. The molecule has 0 heterocycles. The lowest BCUT2D eigenvalue weighted by molar-refractivity contribution is -0.00194. The largest absolute Gasteiger partial charge is 0.489 e. The van der Waals surface area contributed by atoms with Crippen molar-refractivity contribution in [1.29, 1.82) is 0 Å². The highest BCUT2D eigenvalue weighted by Crippen LogP contribution is 2.46. The van der Waals surface area contributed by atoms with Gasteiger partial charge in [-0.05, 0) is 45.9 Å². The topological polar surface area (TPSA) is 9.23 Å². The molecule has 0 saturated carbocycles. The zero-order chi connectivity index (χ0) is 20.9. The van der Waals surface area contributed by atoms with Gasteiger partial charge in [0.15, 0.2) is 0 Å². The first-order chi connectivity index (χ1) is 12.0. The molecule has 0 spiro atoms. The zero-order valence-electron chi connectivity index (χ0n) is 19.8. The molecular weight excluding hydrogens is 344 g/mol. The van der Waals surface area contributed by atoms with Crippen molar-refractivity contribution in [2.75, 3.05) is 0 Å². The standard InChI is InChI=1S/C25H41OSi/c1-16-13-18-19(21(16)27(11)12)14-17(23(2,3)4)15-20(18)26-22(24(5,6)7)25(8,9)10/h13-15,21-22H,1-12H3. The van der Waals surface area contributed by atoms with Gasteiger partial charge in [-0.1, -0.05) is 93.1 Å². The Balaban J connectivity index is 2.66. The van der Waals surface area contributed by atoms with Gasteiger partial charge < -0.3 is 4.74 Å². The zero-order valence-corrected chi connectivity index (χ0v) is 20.8. The second-order valence-electron chi connectivity index (χ2n) is 11.9. The summed E-state index contributed by atoms with van der Waals surface area (Å²) in [4.78, 5) is 0. The van der Waals surface area contributed by atoms with Crippen molar-refractivity contribution >= 4 is 14.9 Å². The Morgan fingerprint density at radius 2 is 1.41 bits per heavy atom. The van der Waals surface area contributed by atoms with E-state index >= 15 is 0 Å². The van der Waals surface area contributed by atoms with Gasteiger partial charge in [0, 0.05) is 5.56 Å².